The fourth-order valence-corrected chi connectivity index (χ4v) is 3.35. The molecule has 6 heteroatoms. The maximum Gasteiger partial charge on any atom is 0.274 e. The highest BCUT2D eigenvalue weighted by Gasteiger charge is 2.34. The molecule has 3 heterocycles. The monoisotopic (exact) mass is 343 g/mol. The summed E-state index contributed by atoms with van der Waals surface area (Å²) in [6, 6.07) is 6.80. The van der Waals surface area contributed by atoms with Crippen molar-refractivity contribution in [3.63, 3.8) is 0 Å². The van der Waals surface area contributed by atoms with E-state index in [0.29, 0.717) is 24.7 Å². The Morgan fingerprint density at radius 2 is 2.08 bits per heavy atom. The van der Waals surface area contributed by atoms with Crippen molar-refractivity contribution in [3.05, 3.63) is 51.8 Å². The number of amides is 1. The first-order chi connectivity index (χ1) is 12.0. The molecule has 25 heavy (non-hydrogen) atoms. The van der Waals surface area contributed by atoms with Crippen molar-refractivity contribution in [1.82, 2.24) is 14.7 Å². The van der Waals surface area contributed by atoms with Gasteiger partial charge in [-0.3, -0.25) is 9.59 Å². The van der Waals surface area contributed by atoms with Crippen LogP contribution in [-0.4, -0.2) is 27.1 Å². The average molecular weight is 343 g/mol. The van der Waals surface area contributed by atoms with Crippen molar-refractivity contribution in [2.75, 3.05) is 6.54 Å². The van der Waals surface area contributed by atoms with E-state index in [2.05, 4.69) is 12.0 Å². The van der Waals surface area contributed by atoms with E-state index in [4.69, 9.17) is 4.42 Å². The van der Waals surface area contributed by atoms with E-state index in [1.165, 1.54) is 16.8 Å². The molecular weight excluding hydrogens is 318 g/mol. The van der Waals surface area contributed by atoms with E-state index >= 15 is 0 Å². The molecule has 1 aliphatic rings. The normalized spacial score (nSPS) is 20.7. The highest BCUT2D eigenvalue weighted by atomic mass is 16.3. The van der Waals surface area contributed by atoms with Gasteiger partial charge in [0.2, 0.25) is 0 Å². The summed E-state index contributed by atoms with van der Waals surface area (Å²) >= 11 is 0. The third kappa shape index (κ3) is 3.52. The van der Waals surface area contributed by atoms with Crippen LogP contribution in [0.25, 0.3) is 0 Å². The van der Waals surface area contributed by atoms with Crippen LogP contribution >= 0.6 is 0 Å². The molecule has 2 aromatic rings. The number of aryl methyl sites for hydroxylation is 2. The first-order valence-electron chi connectivity index (χ1n) is 9.01. The smallest absolute Gasteiger partial charge is 0.274 e. The Morgan fingerprint density at radius 1 is 1.28 bits per heavy atom. The zero-order valence-electron chi connectivity index (χ0n) is 15.1. The van der Waals surface area contributed by atoms with E-state index in [-0.39, 0.29) is 17.5 Å². The molecule has 1 aliphatic heterocycles. The van der Waals surface area contributed by atoms with Crippen molar-refractivity contribution in [2.24, 2.45) is 5.92 Å². The minimum Gasteiger partial charge on any atom is -0.464 e. The van der Waals surface area contributed by atoms with E-state index in [1.807, 2.05) is 30.9 Å². The van der Waals surface area contributed by atoms with Gasteiger partial charge >= 0.3 is 0 Å². The summed E-state index contributed by atoms with van der Waals surface area (Å²) in [5.74, 6) is 2.15. The van der Waals surface area contributed by atoms with Crippen LogP contribution in [0.2, 0.25) is 0 Å². The maximum absolute atomic E-state index is 13.1. The van der Waals surface area contributed by atoms with Gasteiger partial charge < -0.3 is 9.32 Å². The summed E-state index contributed by atoms with van der Waals surface area (Å²) < 4.78 is 7.25. The molecule has 2 atom stereocenters. The lowest BCUT2D eigenvalue weighted by Gasteiger charge is -2.37. The molecule has 1 fully saturated rings. The summed E-state index contributed by atoms with van der Waals surface area (Å²) in [6.45, 7) is 7.20. The second-order valence-corrected chi connectivity index (χ2v) is 6.67. The number of hydrogen-bond donors (Lipinski definition) is 0. The predicted octanol–water partition coefficient (Wildman–Crippen LogP) is 3.03. The van der Waals surface area contributed by atoms with Crippen molar-refractivity contribution in [2.45, 2.75) is 52.6 Å². The number of aromatic nitrogens is 2. The van der Waals surface area contributed by atoms with Crippen LogP contribution in [0.1, 0.15) is 61.7 Å². The second-order valence-electron chi connectivity index (χ2n) is 6.67. The number of carbonyl (C=O) groups excluding carboxylic acids is 1. The van der Waals surface area contributed by atoms with Crippen LogP contribution in [0.4, 0.5) is 0 Å². The van der Waals surface area contributed by atoms with Crippen LogP contribution in [-0.2, 0) is 13.0 Å². The summed E-state index contributed by atoms with van der Waals surface area (Å²) in [6.07, 6.45) is 2.66. The summed E-state index contributed by atoms with van der Waals surface area (Å²) in [4.78, 5) is 26.6. The van der Waals surface area contributed by atoms with Crippen LogP contribution in [0, 0.1) is 5.92 Å². The summed E-state index contributed by atoms with van der Waals surface area (Å²) in [5, 5.41) is 4.22. The quantitative estimate of drug-likeness (QED) is 0.856. The number of furan rings is 1. The van der Waals surface area contributed by atoms with Crippen molar-refractivity contribution < 1.29 is 9.21 Å². The van der Waals surface area contributed by atoms with Crippen molar-refractivity contribution in [3.8, 4) is 0 Å². The minimum absolute atomic E-state index is 0.0830. The first-order valence-corrected chi connectivity index (χ1v) is 9.01. The molecule has 0 radical (unpaired) electrons. The maximum atomic E-state index is 13.1. The Kier molecular flexibility index (Phi) is 5.06. The summed E-state index contributed by atoms with van der Waals surface area (Å²) in [5.41, 5.74) is 0.116. The van der Waals surface area contributed by atoms with Crippen LogP contribution in [0.5, 0.6) is 0 Å². The molecule has 6 nitrogen and oxygen atoms in total. The third-order valence-electron chi connectivity index (χ3n) is 4.87. The Balaban J connectivity index is 1.92. The molecule has 0 saturated carbocycles. The number of rotatable bonds is 4. The third-order valence-corrected chi connectivity index (χ3v) is 4.87. The van der Waals surface area contributed by atoms with Crippen LogP contribution in [0.3, 0.4) is 0 Å². The zero-order valence-corrected chi connectivity index (χ0v) is 15.1. The molecule has 1 amide bonds. The predicted molar refractivity (Wildman–Crippen MR) is 94.4 cm³/mol. The number of piperidine rings is 1. The molecule has 134 valence electrons. The molecule has 3 rings (SSSR count). The number of likely N-dealkylation sites (tertiary alicyclic amines) is 1. The Hall–Kier alpha value is -2.37. The average Bonchev–Trinajstić information content (AvgIpc) is 3.10. The lowest BCUT2D eigenvalue weighted by atomic mass is 9.91. The van der Waals surface area contributed by atoms with Crippen molar-refractivity contribution in [1.29, 1.82) is 0 Å². The molecule has 1 saturated heterocycles. The van der Waals surface area contributed by atoms with E-state index in [1.54, 1.807) is 0 Å². The van der Waals surface area contributed by atoms with Gasteiger partial charge in [0.1, 0.15) is 17.2 Å². The van der Waals surface area contributed by atoms with Gasteiger partial charge in [-0.2, -0.15) is 5.10 Å². The molecule has 0 bridgehead atoms. The first kappa shape index (κ1) is 17.5. The molecule has 0 aromatic carbocycles. The van der Waals surface area contributed by atoms with E-state index in [9.17, 15) is 9.59 Å². The highest BCUT2D eigenvalue weighted by Crippen LogP contribution is 2.35. The van der Waals surface area contributed by atoms with E-state index in [0.717, 1.165) is 30.8 Å². The lowest BCUT2D eigenvalue weighted by Crippen LogP contribution is -2.41. The largest absolute Gasteiger partial charge is 0.464 e. The lowest BCUT2D eigenvalue weighted by molar-refractivity contribution is 0.0510. The number of carbonyl (C=O) groups is 1. The van der Waals surface area contributed by atoms with Crippen LogP contribution in [0.15, 0.2) is 33.5 Å². The SMILES string of the molecule is CCc1ccc([C@H]2C[C@@H](C)CCN2C(=O)c2ccc(=O)n(CC)n2)o1. The zero-order chi connectivity index (χ0) is 18.0. The van der Waals surface area contributed by atoms with Gasteiger partial charge in [-0.1, -0.05) is 13.8 Å². The Bertz CT molecular complexity index is 808. The molecule has 0 spiro atoms. The molecule has 0 unspecified atom stereocenters. The van der Waals surface area contributed by atoms with Gasteiger partial charge in [-0.15, -0.1) is 0 Å². The fourth-order valence-electron chi connectivity index (χ4n) is 3.35. The molecule has 2 aromatic heterocycles. The Morgan fingerprint density at radius 3 is 2.76 bits per heavy atom. The van der Waals surface area contributed by atoms with Crippen LogP contribution < -0.4 is 5.56 Å². The molecule has 0 aliphatic carbocycles. The van der Waals surface area contributed by atoms with E-state index < -0.39 is 0 Å². The Labute approximate surface area is 147 Å². The van der Waals surface area contributed by atoms with Crippen molar-refractivity contribution >= 4 is 5.91 Å². The van der Waals surface area contributed by atoms with Gasteiger partial charge in [0.25, 0.3) is 11.5 Å². The van der Waals surface area contributed by atoms with Gasteiger partial charge in [-0.05, 0) is 43.9 Å². The molecular formula is C19H25N3O3. The molecule has 0 N–H and O–H groups in total. The van der Waals surface area contributed by atoms with Gasteiger partial charge in [-0.25, -0.2) is 4.68 Å². The van der Waals surface area contributed by atoms with Gasteiger partial charge in [0, 0.05) is 25.6 Å². The standard InChI is InChI=1S/C19H25N3O3/c1-4-14-6-8-17(25-14)16-12-13(3)10-11-21(16)19(24)15-7-9-18(23)22(5-2)20-15/h6-9,13,16H,4-5,10-12H2,1-3H3/t13-,16+/m0/s1. The topological polar surface area (TPSA) is 68.3 Å². The highest BCUT2D eigenvalue weighted by molar-refractivity contribution is 5.92. The number of hydrogen-bond acceptors (Lipinski definition) is 4. The fraction of sp³-hybridized carbons (Fsp3) is 0.526. The minimum atomic E-state index is -0.193. The van der Waals surface area contributed by atoms with Gasteiger partial charge in [0.05, 0.1) is 6.04 Å². The summed E-state index contributed by atoms with van der Waals surface area (Å²) in [7, 11) is 0. The van der Waals surface area contributed by atoms with Gasteiger partial charge in [0.15, 0.2) is 0 Å². The second kappa shape index (κ2) is 7.25. The number of nitrogens with zero attached hydrogens (tertiary/aromatic N) is 3.